The number of allylic oxidation sites excluding steroid dienone is 6. The fraction of sp³-hybridized carbons (Fsp3) is 0.851. The van der Waals surface area contributed by atoms with Crippen LogP contribution in [0.5, 0.6) is 0 Å². The molecule has 0 spiro atoms. The van der Waals surface area contributed by atoms with Crippen LogP contribution in [0.25, 0.3) is 0 Å². The van der Waals surface area contributed by atoms with Gasteiger partial charge in [-0.25, -0.2) is 0 Å². The van der Waals surface area contributed by atoms with Gasteiger partial charge in [0.15, 0.2) is 0 Å². The Morgan fingerprint density at radius 3 is 1.19 bits per heavy atom. The third-order valence-corrected chi connectivity index (χ3v) is 10.6. The summed E-state index contributed by atoms with van der Waals surface area (Å²) in [6.45, 7) is 4.02. The first-order chi connectivity index (χ1) is 26.0. The largest absolute Gasteiger partial charge is 0.394 e. The van der Waals surface area contributed by atoms with Crippen LogP contribution in [0.4, 0.5) is 0 Å². The molecular weight excluding hydrogens is 659 g/mol. The molecule has 4 unspecified atom stereocenters. The Labute approximate surface area is 328 Å². The fourth-order valence-corrected chi connectivity index (χ4v) is 6.91. The minimum Gasteiger partial charge on any atom is -0.394 e. The molecule has 0 saturated carbocycles. The second-order valence-corrected chi connectivity index (χ2v) is 15.7. The van der Waals surface area contributed by atoms with Gasteiger partial charge in [-0.3, -0.25) is 4.79 Å². The number of amides is 1. The summed E-state index contributed by atoms with van der Waals surface area (Å²) in [6.07, 6.45) is 48.9. The molecule has 0 aromatic rings. The lowest BCUT2D eigenvalue weighted by atomic mass is 10.00. The predicted octanol–water partition coefficient (Wildman–Crippen LogP) is 12.1. The lowest BCUT2D eigenvalue weighted by Gasteiger charge is -2.27. The lowest BCUT2D eigenvalue weighted by Crippen LogP contribution is -2.53. The van der Waals surface area contributed by atoms with Gasteiger partial charge < -0.3 is 25.7 Å². The first-order valence-corrected chi connectivity index (χ1v) is 22.9. The van der Waals surface area contributed by atoms with E-state index in [-0.39, 0.29) is 0 Å². The second-order valence-electron chi connectivity index (χ2n) is 15.7. The van der Waals surface area contributed by atoms with Crippen LogP contribution in [-0.4, -0.2) is 57.3 Å². The monoisotopic (exact) mass is 748 g/mol. The predicted molar refractivity (Wildman–Crippen MR) is 228 cm³/mol. The van der Waals surface area contributed by atoms with E-state index in [1.165, 1.54) is 141 Å². The summed E-state index contributed by atoms with van der Waals surface area (Å²) >= 11 is 0. The molecule has 0 aliphatic heterocycles. The zero-order chi connectivity index (χ0) is 38.9. The molecule has 312 valence electrons. The lowest BCUT2D eigenvalue weighted by molar-refractivity contribution is -0.132. The topological polar surface area (TPSA) is 110 Å². The van der Waals surface area contributed by atoms with Crippen molar-refractivity contribution in [2.45, 2.75) is 250 Å². The number of nitrogens with one attached hydrogen (secondary N) is 1. The Balaban J connectivity index is 3.78. The molecule has 0 bridgehead atoms. The number of aliphatic hydroxyl groups excluding tert-OH is 4. The van der Waals surface area contributed by atoms with E-state index < -0.39 is 36.9 Å². The molecule has 0 aromatic heterocycles. The number of rotatable bonds is 41. The normalized spacial score (nSPS) is 14.5. The van der Waals surface area contributed by atoms with Crippen molar-refractivity contribution in [3.8, 4) is 0 Å². The Kier molecular flexibility index (Phi) is 40.5. The van der Waals surface area contributed by atoms with E-state index in [2.05, 4.69) is 55.6 Å². The van der Waals surface area contributed by atoms with Crippen LogP contribution >= 0.6 is 0 Å². The quantitative estimate of drug-likeness (QED) is 0.0316. The van der Waals surface area contributed by atoms with Crippen LogP contribution in [0, 0.1) is 0 Å². The Morgan fingerprint density at radius 1 is 0.453 bits per heavy atom. The summed E-state index contributed by atoms with van der Waals surface area (Å²) in [7, 11) is 0. The van der Waals surface area contributed by atoms with Crippen LogP contribution in [-0.2, 0) is 4.79 Å². The van der Waals surface area contributed by atoms with Crippen molar-refractivity contribution in [1.29, 1.82) is 0 Å². The highest BCUT2D eigenvalue weighted by Crippen LogP contribution is 2.16. The van der Waals surface area contributed by atoms with Gasteiger partial charge in [0.25, 0.3) is 0 Å². The maximum absolute atomic E-state index is 12.5. The van der Waals surface area contributed by atoms with Gasteiger partial charge in [-0.2, -0.15) is 0 Å². The maximum Gasteiger partial charge on any atom is 0.249 e. The number of carbonyl (C=O) groups is 1. The van der Waals surface area contributed by atoms with Crippen molar-refractivity contribution in [3.05, 3.63) is 36.5 Å². The van der Waals surface area contributed by atoms with Crippen LogP contribution in [0.15, 0.2) is 36.5 Å². The third kappa shape index (κ3) is 36.0. The zero-order valence-electron chi connectivity index (χ0n) is 35.0. The van der Waals surface area contributed by atoms with Crippen molar-refractivity contribution in [1.82, 2.24) is 5.32 Å². The van der Waals surface area contributed by atoms with Gasteiger partial charge in [0.1, 0.15) is 12.2 Å². The first kappa shape index (κ1) is 51.5. The van der Waals surface area contributed by atoms with Gasteiger partial charge >= 0.3 is 0 Å². The number of unbranched alkanes of at least 4 members (excludes halogenated alkanes) is 26. The summed E-state index contributed by atoms with van der Waals surface area (Å²) in [5.74, 6) is -0.598. The molecule has 0 saturated heterocycles. The molecule has 0 aliphatic carbocycles. The summed E-state index contributed by atoms with van der Waals surface area (Å²) < 4.78 is 0. The van der Waals surface area contributed by atoms with Crippen molar-refractivity contribution in [2.24, 2.45) is 0 Å². The maximum atomic E-state index is 12.5. The van der Waals surface area contributed by atoms with E-state index in [4.69, 9.17) is 0 Å². The van der Waals surface area contributed by atoms with Gasteiger partial charge in [0, 0.05) is 0 Å². The van der Waals surface area contributed by atoms with E-state index >= 15 is 0 Å². The van der Waals surface area contributed by atoms with Gasteiger partial charge in [-0.05, 0) is 64.2 Å². The Bertz CT molecular complexity index is 843. The fourth-order valence-electron chi connectivity index (χ4n) is 6.91. The highest BCUT2D eigenvalue weighted by Gasteiger charge is 2.28. The molecule has 0 radical (unpaired) electrons. The van der Waals surface area contributed by atoms with Crippen molar-refractivity contribution >= 4 is 5.91 Å². The molecule has 53 heavy (non-hydrogen) atoms. The van der Waals surface area contributed by atoms with Crippen molar-refractivity contribution in [2.75, 3.05) is 6.61 Å². The van der Waals surface area contributed by atoms with E-state index in [9.17, 15) is 25.2 Å². The summed E-state index contributed by atoms with van der Waals surface area (Å²) in [5, 5.41) is 43.7. The zero-order valence-corrected chi connectivity index (χ0v) is 35.0. The van der Waals surface area contributed by atoms with Crippen LogP contribution in [0.2, 0.25) is 0 Å². The molecule has 0 aromatic carbocycles. The standard InChI is InChI=1S/C47H89NO5/c1-3-5-7-9-11-13-15-17-19-21-22-23-25-27-29-31-33-35-37-39-41-45(51)47(53)48-43(42-49)46(52)44(50)40-38-36-34-32-30-28-26-24-20-18-16-14-12-10-8-6-4-2/h14,16,24,26,32,34,43-46,49-52H,3-13,15,17-23,25,27-31,33,35-42H2,1-2H3,(H,48,53)/b16-14+,26-24+,34-32+. The van der Waals surface area contributed by atoms with Crippen molar-refractivity contribution in [3.63, 3.8) is 0 Å². The first-order valence-electron chi connectivity index (χ1n) is 22.9. The molecule has 1 amide bonds. The third-order valence-electron chi connectivity index (χ3n) is 10.6. The summed E-state index contributed by atoms with van der Waals surface area (Å²) in [5.41, 5.74) is 0. The van der Waals surface area contributed by atoms with Crippen LogP contribution < -0.4 is 5.32 Å². The van der Waals surface area contributed by atoms with Crippen molar-refractivity contribution < 1.29 is 25.2 Å². The number of hydrogen-bond donors (Lipinski definition) is 5. The summed E-state index contributed by atoms with van der Waals surface area (Å²) in [4.78, 5) is 12.5. The number of aliphatic hydroxyl groups is 4. The molecule has 6 nitrogen and oxygen atoms in total. The van der Waals surface area contributed by atoms with E-state index in [1.807, 2.05) is 0 Å². The van der Waals surface area contributed by atoms with E-state index in [1.54, 1.807) is 0 Å². The van der Waals surface area contributed by atoms with E-state index in [0.29, 0.717) is 19.3 Å². The average molecular weight is 748 g/mol. The number of hydrogen-bond acceptors (Lipinski definition) is 5. The molecular formula is C47H89NO5. The Morgan fingerprint density at radius 2 is 0.792 bits per heavy atom. The highest BCUT2D eigenvalue weighted by atomic mass is 16.3. The van der Waals surface area contributed by atoms with Gasteiger partial charge in [-0.1, -0.05) is 198 Å². The minimum absolute atomic E-state index is 0.361. The summed E-state index contributed by atoms with van der Waals surface area (Å²) in [6, 6.07) is -1.01. The van der Waals surface area contributed by atoms with Gasteiger partial charge in [0.2, 0.25) is 5.91 Å². The molecule has 0 aliphatic rings. The minimum atomic E-state index is -1.29. The SMILES string of the molecule is CCCCCC/C=C/CC/C=C/CC/C=C/CCCC(O)C(O)C(CO)NC(=O)C(O)CCCCCCCCCCCCCCCCCCCCCC. The van der Waals surface area contributed by atoms with E-state index in [0.717, 1.165) is 51.4 Å². The molecule has 0 rings (SSSR count). The second kappa shape index (κ2) is 41.7. The molecule has 6 heteroatoms. The number of carbonyl (C=O) groups excluding carboxylic acids is 1. The molecule has 5 N–H and O–H groups in total. The Hall–Kier alpha value is -1.47. The van der Waals surface area contributed by atoms with Gasteiger partial charge in [0.05, 0.1) is 18.8 Å². The highest BCUT2D eigenvalue weighted by molar-refractivity contribution is 5.80. The molecule has 4 atom stereocenters. The van der Waals surface area contributed by atoms with Crippen LogP contribution in [0.1, 0.15) is 226 Å². The van der Waals surface area contributed by atoms with Gasteiger partial charge in [-0.15, -0.1) is 0 Å². The molecule has 0 fully saturated rings. The molecule has 0 heterocycles. The average Bonchev–Trinajstić information content (AvgIpc) is 3.16. The smallest absolute Gasteiger partial charge is 0.249 e. The van der Waals surface area contributed by atoms with Crippen LogP contribution in [0.3, 0.4) is 0 Å².